The highest BCUT2D eigenvalue weighted by atomic mass is 19.4. The summed E-state index contributed by atoms with van der Waals surface area (Å²) in [6.45, 7) is 1.12. The molecule has 17 heteroatoms. The van der Waals surface area contributed by atoms with E-state index in [0.717, 1.165) is 11.0 Å². The normalized spacial score (nSPS) is 20.8. The predicted octanol–water partition coefficient (Wildman–Crippen LogP) is 4.52. The van der Waals surface area contributed by atoms with Crippen LogP contribution in [0.15, 0.2) is 22.9 Å². The van der Waals surface area contributed by atoms with E-state index in [4.69, 9.17) is 9.15 Å². The lowest BCUT2D eigenvalue weighted by molar-refractivity contribution is -0.150. The number of urea groups is 1. The standard InChI is InChI=1S/C26H29F6N7O4/c1-3-39-21(33-12-34-39)22(40)37-19(13-4-6-25(28,29)7-5-13)23-35-16-9-14(8-15(27)20(16)43-23)17(11-42-2)38-10-18(26(30,31)32)36-24(38)41/h8-9,12-13,17-19H,3-7,10-11H2,1-2H3,(H,36,41)(H,37,40). The Kier molecular flexibility index (Phi) is 8.28. The van der Waals surface area contributed by atoms with E-state index >= 15 is 4.39 Å². The van der Waals surface area contributed by atoms with Gasteiger partial charge in [-0.3, -0.25) is 4.79 Å². The Hall–Kier alpha value is -3.89. The second-order valence-electron chi connectivity index (χ2n) is 10.6. The fourth-order valence-corrected chi connectivity index (χ4v) is 5.54. The molecule has 11 nitrogen and oxygen atoms in total. The van der Waals surface area contributed by atoms with Gasteiger partial charge in [0.15, 0.2) is 11.4 Å². The van der Waals surface area contributed by atoms with E-state index in [-0.39, 0.29) is 47.8 Å². The minimum atomic E-state index is -4.69. The predicted molar refractivity (Wildman–Crippen MR) is 136 cm³/mol. The first-order chi connectivity index (χ1) is 20.3. The molecule has 1 saturated carbocycles. The number of hydrogen-bond donors (Lipinski definition) is 2. The van der Waals surface area contributed by atoms with Gasteiger partial charge in [-0.15, -0.1) is 0 Å². The number of benzene rings is 1. The van der Waals surface area contributed by atoms with E-state index in [9.17, 15) is 31.5 Å². The quantitative estimate of drug-likeness (QED) is 0.338. The van der Waals surface area contributed by atoms with Crippen LogP contribution in [0.5, 0.6) is 0 Å². The van der Waals surface area contributed by atoms with Gasteiger partial charge in [0.2, 0.25) is 17.6 Å². The molecule has 5 rings (SSSR count). The number of oxazole rings is 1. The van der Waals surface area contributed by atoms with Crippen molar-refractivity contribution >= 4 is 23.0 Å². The van der Waals surface area contributed by atoms with Crippen molar-refractivity contribution in [2.24, 2.45) is 5.92 Å². The third kappa shape index (κ3) is 6.26. The summed E-state index contributed by atoms with van der Waals surface area (Å²) in [6.07, 6.45) is -4.31. The number of carbonyl (C=O) groups excluding carboxylic acids is 2. The first-order valence-corrected chi connectivity index (χ1v) is 13.6. The number of ether oxygens (including phenoxy) is 1. The fourth-order valence-electron chi connectivity index (χ4n) is 5.54. The Bertz CT molecular complexity index is 1480. The van der Waals surface area contributed by atoms with Crippen LogP contribution in [0.4, 0.5) is 31.1 Å². The molecule has 2 aliphatic rings. The van der Waals surface area contributed by atoms with Gasteiger partial charge in [0.1, 0.15) is 23.9 Å². The molecule has 0 bridgehead atoms. The molecule has 0 radical (unpaired) electrons. The van der Waals surface area contributed by atoms with E-state index in [1.807, 2.05) is 5.32 Å². The summed E-state index contributed by atoms with van der Waals surface area (Å²) in [6, 6.07) is -2.89. The molecule has 3 aromatic rings. The fraction of sp³-hybridized carbons (Fsp3) is 0.577. The van der Waals surface area contributed by atoms with Crippen LogP contribution in [0.1, 0.15) is 66.8 Å². The van der Waals surface area contributed by atoms with Gasteiger partial charge in [-0.1, -0.05) is 0 Å². The molecule has 3 unspecified atom stereocenters. The van der Waals surface area contributed by atoms with E-state index in [1.54, 1.807) is 6.92 Å². The number of halogens is 6. The summed E-state index contributed by atoms with van der Waals surface area (Å²) >= 11 is 0. The van der Waals surface area contributed by atoms with Crippen molar-refractivity contribution in [2.45, 2.75) is 69.4 Å². The lowest BCUT2D eigenvalue weighted by Gasteiger charge is -2.32. The molecule has 234 valence electrons. The number of hydrogen-bond acceptors (Lipinski definition) is 7. The van der Waals surface area contributed by atoms with Gasteiger partial charge in [-0.25, -0.2) is 32.6 Å². The Balaban J connectivity index is 1.49. The van der Waals surface area contributed by atoms with Crippen molar-refractivity contribution in [3.8, 4) is 0 Å². The molecule has 3 heterocycles. The number of methoxy groups -OCH3 is 1. The lowest BCUT2D eigenvalue weighted by atomic mass is 9.82. The van der Waals surface area contributed by atoms with Gasteiger partial charge in [-0.2, -0.15) is 18.3 Å². The number of aryl methyl sites for hydroxylation is 1. The van der Waals surface area contributed by atoms with Crippen molar-refractivity contribution < 1.29 is 45.1 Å². The first kappa shape index (κ1) is 30.6. The largest absolute Gasteiger partial charge is 0.435 e. The number of amides is 3. The number of rotatable bonds is 9. The van der Waals surface area contributed by atoms with Gasteiger partial charge >= 0.3 is 12.2 Å². The van der Waals surface area contributed by atoms with Gasteiger partial charge in [0, 0.05) is 26.5 Å². The molecule has 3 amide bonds. The van der Waals surface area contributed by atoms with Crippen molar-refractivity contribution in [1.82, 2.24) is 35.3 Å². The van der Waals surface area contributed by atoms with Crippen LogP contribution >= 0.6 is 0 Å². The topological polar surface area (TPSA) is 127 Å². The highest BCUT2D eigenvalue weighted by Crippen LogP contribution is 2.42. The van der Waals surface area contributed by atoms with Crippen LogP contribution < -0.4 is 10.6 Å². The highest BCUT2D eigenvalue weighted by Gasteiger charge is 2.49. The van der Waals surface area contributed by atoms with E-state index < -0.39 is 73.3 Å². The molecule has 43 heavy (non-hydrogen) atoms. The zero-order valence-electron chi connectivity index (χ0n) is 23.1. The zero-order valence-corrected chi connectivity index (χ0v) is 23.1. The smallest absolute Gasteiger partial charge is 0.410 e. The summed E-state index contributed by atoms with van der Waals surface area (Å²) in [4.78, 5) is 34.8. The van der Waals surface area contributed by atoms with Crippen molar-refractivity contribution in [3.63, 3.8) is 0 Å². The molecular weight excluding hydrogens is 588 g/mol. The Morgan fingerprint density at radius 3 is 2.63 bits per heavy atom. The molecule has 0 spiro atoms. The molecule has 2 aromatic heterocycles. The lowest BCUT2D eigenvalue weighted by Crippen LogP contribution is -2.40. The van der Waals surface area contributed by atoms with E-state index in [2.05, 4.69) is 20.4 Å². The van der Waals surface area contributed by atoms with Crippen molar-refractivity contribution in [3.05, 3.63) is 41.6 Å². The van der Waals surface area contributed by atoms with Gasteiger partial charge in [0.05, 0.1) is 19.2 Å². The minimum Gasteiger partial charge on any atom is -0.435 e. The minimum absolute atomic E-state index is 0.0191. The second-order valence-corrected chi connectivity index (χ2v) is 10.6. The van der Waals surface area contributed by atoms with Crippen molar-refractivity contribution in [2.75, 3.05) is 20.3 Å². The maximum absolute atomic E-state index is 15.4. The molecule has 3 atom stereocenters. The SMILES string of the molecule is CCn1ncnc1C(=O)NC(c1nc2cc(C(COC)N3CC(C(F)(F)F)NC3=O)cc(F)c2o1)C1CCC(F)(F)CC1. The molecule has 2 N–H and O–H groups in total. The number of carbonyl (C=O) groups is 2. The van der Waals surface area contributed by atoms with Crippen LogP contribution in [0.2, 0.25) is 0 Å². The third-order valence-electron chi connectivity index (χ3n) is 7.81. The molecule has 2 fully saturated rings. The summed E-state index contributed by atoms with van der Waals surface area (Å²) in [7, 11) is 1.28. The highest BCUT2D eigenvalue weighted by molar-refractivity contribution is 5.91. The summed E-state index contributed by atoms with van der Waals surface area (Å²) in [5.74, 6) is -5.15. The average molecular weight is 618 g/mol. The average Bonchev–Trinajstić information content (AvgIpc) is 3.68. The maximum atomic E-state index is 15.4. The second kappa shape index (κ2) is 11.7. The van der Waals surface area contributed by atoms with Crippen LogP contribution in [0, 0.1) is 11.7 Å². The van der Waals surface area contributed by atoms with Gasteiger partial charge < -0.3 is 24.7 Å². The van der Waals surface area contributed by atoms with Crippen LogP contribution in [-0.4, -0.2) is 75.0 Å². The Morgan fingerprint density at radius 2 is 2.00 bits per heavy atom. The summed E-state index contributed by atoms with van der Waals surface area (Å²) in [5.41, 5.74) is -0.264. The first-order valence-electron chi connectivity index (χ1n) is 13.6. The molecular formula is C26H29F6N7O4. The van der Waals surface area contributed by atoms with E-state index in [0.29, 0.717) is 6.54 Å². The molecule has 1 aliphatic carbocycles. The molecule has 1 saturated heterocycles. The van der Waals surface area contributed by atoms with Crippen LogP contribution in [0.3, 0.4) is 0 Å². The summed E-state index contributed by atoms with van der Waals surface area (Å²) in [5, 5.41) is 8.58. The van der Waals surface area contributed by atoms with Gasteiger partial charge in [0.25, 0.3) is 5.91 Å². The Morgan fingerprint density at radius 1 is 1.28 bits per heavy atom. The Labute approximate surface area is 240 Å². The van der Waals surface area contributed by atoms with Crippen LogP contribution in [0.25, 0.3) is 11.1 Å². The third-order valence-corrected chi connectivity index (χ3v) is 7.81. The number of aromatic nitrogens is 4. The number of nitrogens with zero attached hydrogens (tertiary/aromatic N) is 5. The van der Waals surface area contributed by atoms with Gasteiger partial charge in [-0.05, 0) is 43.4 Å². The zero-order chi connectivity index (χ0) is 31.1. The number of fused-ring (bicyclic) bond motifs is 1. The summed E-state index contributed by atoms with van der Waals surface area (Å²) < 4.78 is 95.5. The molecule has 1 aliphatic heterocycles. The monoisotopic (exact) mass is 617 g/mol. The van der Waals surface area contributed by atoms with Crippen LogP contribution in [-0.2, 0) is 11.3 Å². The van der Waals surface area contributed by atoms with E-state index in [1.165, 1.54) is 24.2 Å². The molecule has 1 aromatic carbocycles. The number of alkyl halides is 5. The van der Waals surface area contributed by atoms with Crippen molar-refractivity contribution in [1.29, 1.82) is 0 Å². The number of nitrogens with one attached hydrogen (secondary N) is 2. The maximum Gasteiger partial charge on any atom is 0.410 e.